The fraction of sp³-hybridized carbons (Fsp3) is 0.650. The van der Waals surface area contributed by atoms with Gasteiger partial charge in [-0.05, 0) is 63.4 Å². The highest BCUT2D eigenvalue weighted by molar-refractivity contribution is 5.71. The number of hydrogen-bond acceptors (Lipinski definition) is 5. The molecule has 0 saturated carbocycles. The zero-order valence-corrected chi connectivity index (χ0v) is 16.1. The van der Waals surface area contributed by atoms with E-state index in [1.54, 1.807) is 0 Å². The molecule has 1 N–H and O–H groups in total. The molecule has 1 unspecified atom stereocenters. The number of piperidine rings is 1. The van der Waals surface area contributed by atoms with E-state index in [1.807, 2.05) is 13.8 Å². The Morgan fingerprint density at radius 3 is 2.44 bits per heavy atom. The molecule has 1 aliphatic heterocycles. The van der Waals surface area contributed by atoms with Crippen molar-refractivity contribution in [1.82, 2.24) is 10.2 Å². The topological polar surface area (TPSA) is 50.8 Å². The Kier molecular flexibility index (Phi) is 7.72. The number of esters is 1. The molecule has 25 heavy (non-hydrogen) atoms. The molecule has 5 nitrogen and oxygen atoms in total. The van der Waals surface area contributed by atoms with Gasteiger partial charge in [0.25, 0.3) is 0 Å². The Labute approximate surface area is 151 Å². The van der Waals surface area contributed by atoms with Crippen molar-refractivity contribution < 1.29 is 14.3 Å². The summed E-state index contributed by atoms with van der Waals surface area (Å²) in [4.78, 5) is 13.8. The van der Waals surface area contributed by atoms with Crippen LogP contribution in [-0.4, -0.2) is 50.3 Å². The minimum Gasteiger partial charge on any atom is -0.481 e. The summed E-state index contributed by atoms with van der Waals surface area (Å²) < 4.78 is 10.2. The molecule has 0 aromatic heterocycles. The quantitative estimate of drug-likeness (QED) is 0.732. The molecular formula is C20H32N2O3. The van der Waals surface area contributed by atoms with Crippen LogP contribution in [-0.2, 0) is 16.1 Å². The first-order valence-electron chi connectivity index (χ1n) is 9.25. The van der Waals surface area contributed by atoms with Crippen molar-refractivity contribution in [2.45, 2.75) is 52.6 Å². The minimum atomic E-state index is -0.365. The highest BCUT2D eigenvalue weighted by Crippen LogP contribution is 2.25. The van der Waals surface area contributed by atoms with Crippen LogP contribution in [0.4, 0.5) is 0 Å². The largest absolute Gasteiger partial charge is 0.481 e. The number of hydrogen-bond donors (Lipinski definition) is 1. The fourth-order valence-electron chi connectivity index (χ4n) is 3.45. The molecule has 0 bridgehead atoms. The van der Waals surface area contributed by atoms with Crippen LogP contribution in [0.2, 0.25) is 0 Å². The number of carbonyl (C=O) groups is 1. The Balaban J connectivity index is 1.86. The van der Waals surface area contributed by atoms with Crippen molar-refractivity contribution in [3.63, 3.8) is 0 Å². The highest BCUT2D eigenvalue weighted by atomic mass is 16.6. The average Bonchev–Trinajstić information content (AvgIpc) is 2.60. The first-order chi connectivity index (χ1) is 12.0. The molecule has 2 rings (SSSR count). The summed E-state index contributed by atoms with van der Waals surface area (Å²) in [5.41, 5.74) is 3.33. The summed E-state index contributed by atoms with van der Waals surface area (Å²) in [6, 6.07) is 4.72. The second kappa shape index (κ2) is 9.78. The molecule has 1 atom stereocenters. The van der Waals surface area contributed by atoms with E-state index in [2.05, 4.69) is 34.0 Å². The number of methoxy groups -OCH3 is 1. The minimum absolute atomic E-state index is 0.0529. The van der Waals surface area contributed by atoms with E-state index in [4.69, 9.17) is 4.74 Å². The molecule has 0 radical (unpaired) electrons. The summed E-state index contributed by atoms with van der Waals surface area (Å²) in [5, 5.41) is 3.62. The number of rotatable bonds is 8. The number of nitrogens with one attached hydrogen (secondary N) is 1. The third-order valence-electron chi connectivity index (χ3n) is 4.72. The Morgan fingerprint density at radius 1 is 1.20 bits per heavy atom. The van der Waals surface area contributed by atoms with E-state index in [0.29, 0.717) is 6.04 Å². The third-order valence-corrected chi connectivity index (χ3v) is 4.72. The van der Waals surface area contributed by atoms with Gasteiger partial charge in [0.1, 0.15) is 5.75 Å². The zero-order valence-electron chi connectivity index (χ0n) is 16.1. The van der Waals surface area contributed by atoms with E-state index >= 15 is 0 Å². The summed E-state index contributed by atoms with van der Waals surface area (Å²) >= 11 is 0. The smallest absolute Gasteiger partial charge is 0.343 e. The molecule has 140 valence electrons. The lowest BCUT2D eigenvalue weighted by Crippen LogP contribution is -2.41. The standard InChI is InChI=1S/C20H32N2O3/c1-15-10-18(11-16(2)20(15)25-14-19(23)24-4)12-21-17(3)13-22-8-6-5-7-9-22/h10-11,17,21H,5-9,12-14H2,1-4H3. The Morgan fingerprint density at radius 2 is 1.84 bits per heavy atom. The second-order valence-corrected chi connectivity index (χ2v) is 7.07. The fourth-order valence-corrected chi connectivity index (χ4v) is 3.45. The molecule has 1 aromatic rings. The van der Waals surface area contributed by atoms with Gasteiger partial charge < -0.3 is 19.7 Å². The number of benzene rings is 1. The van der Waals surface area contributed by atoms with Crippen molar-refractivity contribution in [3.8, 4) is 5.75 Å². The van der Waals surface area contributed by atoms with Gasteiger partial charge >= 0.3 is 5.97 Å². The molecule has 0 aliphatic carbocycles. The van der Waals surface area contributed by atoms with Gasteiger partial charge in [-0.25, -0.2) is 4.79 Å². The molecule has 1 saturated heterocycles. The van der Waals surface area contributed by atoms with E-state index in [9.17, 15) is 4.79 Å². The van der Waals surface area contributed by atoms with Gasteiger partial charge in [-0.15, -0.1) is 0 Å². The summed E-state index contributed by atoms with van der Waals surface area (Å²) in [5.74, 6) is 0.409. The monoisotopic (exact) mass is 348 g/mol. The lowest BCUT2D eigenvalue weighted by molar-refractivity contribution is -0.142. The van der Waals surface area contributed by atoms with Gasteiger partial charge in [0.2, 0.25) is 0 Å². The molecule has 0 spiro atoms. The summed E-state index contributed by atoms with van der Waals surface area (Å²) in [6.07, 6.45) is 4.04. The number of ether oxygens (including phenoxy) is 2. The van der Waals surface area contributed by atoms with Crippen LogP contribution in [0.3, 0.4) is 0 Å². The maximum Gasteiger partial charge on any atom is 0.343 e. The van der Waals surface area contributed by atoms with Crippen LogP contribution in [0, 0.1) is 13.8 Å². The molecular weight excluding hydrogens is 316 g/mol. The number of nitrogens with zero attached hydrogens (tertiary/aromatic N) is 1. The van der Waals surface area contributed by atoms with Crippen molar-refractivity contribution in [2.24, 2.45) is 0 Å². The maximum absolute atomic E-state index is 11.3. The predicted molar refractivity (Wildman–Crippen MR) is 100 cm³/mol. The van der Waals surface area contributed by atoms with Crippen molar-refractivity contribution in [1.29, 1.82) is 0 Å². The van der Waals surface area contributed by atoms with Crippen molar-refractivity contribution >= 4 is 5.97 Å². The molecule has 1 aliphatic rings. The van der Waals surface area contributed by atoms with Crippen LogP contribution in [0.25, 0.3) is 0 Å². The van der Waals surface area contributed by atoms with Gasteiger partial charge in [-0.1, -0.05) is 18.6 Å². The van der Waals surface area contributed by atoms with Crippen LogP contribution >= 0.6 is 0 Å². The molecule has 5 heteroatoms. The molecule has 1 heterocycles. The first kappa shape index (κ1) is 19.7. The lowest BCUT2D eigenvalue weighted by atomic mass is 10.1. The zero-order chi connectivity index (χ0) is 18.2. The molecule has 1 fully saturated rings. The van der Waals surface area contributed by atoms with Crippen LogP contribution in [0.15, 0.2) is 12.1 Å². The lowest BCUT2D eigenvalue weighted by Gasteiger charge is -2.29. The van der Waals surface area contributed by atoms with E-state index in [-0.39, 0.29) is 12.6 Å². The van der Waals surface area contributed by atoms with Gasteiger partial charge in [0.15, 0.2) is 6.61 Å². The summed E-state index contributed by atoms with van der Waals surface area (Å²) in [6.45, 7) is 10.6. The van der Waals surface area contributed by atoms with Crippen LogP contribution in [0.1, 0.15) is 42.9 Å². The van der Waals surface area contributed by atoms with E-state index in [1.165, 1.54) is 45.0 Å². The Hall–Kier alpha value is -1.59. The second-order valence-electron chi connectivity index (χ2n) is 7.07. The first-order valence-corrected chi connectivity index (χ1v) is 9.25. The number of carbonyl (C=O) groups excluding carboxylic acids is 1. The van der Waals surface area contributed by atoms with Gasteiger partial charge in [0.05, 0.1) is 7.11 Å². The predicted octanol–water partition coefficient (Wildman–Crippen LogP) is 2.82. The van der Waals surface area contributed by atoms with Crippen molar-refractivity contribution in [2.75, 3.05) is 33.4 Å². The third kappa shape index (κ3) is 6.33. The number of aryl methyl sites for hydroxylation is 2. The highest BCUT2D eigenvalue weighted by Gasteiger charge is 2.14. The molecule has 1 aromatic carbocycles. The van der Waals surface area contributed by atoms with Crippen molar-refractivity contribution in [3.05, 3.63) is 28.8 Å². The van der Waals surface area contributed by atoms with Gasteiger partial charge in [0, 0.05) is 19.1 Å². The maximum atomic E-state index is 11.3. The van der Waals surface area contributed by atoms with Crippen LogP contribution in [0.5, 0.6) is 5.75 Å². The van der Waals surface area contributed by atoms with E-state index < -0.39 is 0 Å². The normalized spacial score (nSPS) is 16.5. The average molecular weight is 348 g/mol. The van der Waals surface area contributed by atoms with Gasteiger partial charge in [-0.2, -0.15) is 0 Å². The SMILES string of the molecule is COC(=O)COc1c(C)cc(CNC(C)CN2CCCCC2)cc1C. The molecule has 0 amide bonds. The summed E-state index contributed by atoms with van der Waals surface area (Å²) in [7, 11) is 1.37. The number of likely N-dealkylation sites (tertiary alicyclic amines) is 1. The van der Waals surface area contributed by atoms with Gasteiger partial charge in [-0.3, -0.25) is 0 Å². The Bertz CT molecular complexity index is 545. The van der Waals surface area contributed by atoms with Crippen LogP contribution < -0.4 is 10.1 Å². The van der Waals surface area contributed by atoms with E-state index in [0.717, 1.165) is 30.0 Å².